The predicted octanol–water partition coefficient (Wildman–Crippen LogP) is 0.144. The summed E-state index contributed by atoms with van der Waals surface area (Å²) in [5, 5.41) is 47.8. The number of carbonyl (C=O) groups is 6. The second-order valence-corrected chi connectivity index (χ2v) is 14.0. The molecule has 16 nitrogen and oxygen atoms in total. The molecule has 0 aromatic rings. The van der Waals surface area contributed by atoms with Gasteiger partial charge in [-0.1, -0.05) is 0 Å². The quantitative estimate of drug-likeness (QED) is 0.0417. The van der Waals surface area contributed by atoms with E-state index >= 15 is 0 Å². The molecule has 0 radical (unpaired) electrons. The Kier molecular flexibility index (Phi) is 37.3. The number of carboxylic acids is 2. The highest BCUT2D eigenvalue weighted by atomic mass is 32.1. The number of carboxylic acid groups (broad SMARTS) is 2. The molecule has 0 aromatic carbocycles. The van der Waals surface area contributed by atoms with Gasteiger partial charge in [0.25, 0.3) is 0 Å². The molecule has 0 aromatic heterocycles. The van der Waals surface area contributed by atoms with E-state index in [0.717, 1.165) is 0 Å². The van der Waals surface area contributed by atoms with E-state index in [1.807, 2.05) is 0 Å². The van der Waals surface area contributed by atoms with Crippen molar-refractivity contribution in [3.05, 3.63) is 0 Å². The number of aliphatic hydroxyl groups excluding tert-OH is 4. The lowest BCUT2D eigenvalue weighted by atomic mass is 9.92. The maximum Gasteiger partial charge on any atom is 0.318 e. The number of thiol groups is 6. The van der Waals surface area contributed by atoms with Gasteiger partial charge in [-0.2, -0.15) is 75.8 Å². The first-order chi connectivity index (χ1) is 23.2. The van der Waals surface area contributed by atoms with Crippen LogP contribution in [0.4, 0.5) is 0 Å². The summed E-state index contributed by atoms with van der Waals surface area (Å²) in [6, 6.07) is 0. The Morgan fingerprint density at radius 3 is 0.960 bits per heavy atom. The summed E-state index contributed by atoms with van der Waals surface area (Å²) in [5.41, 5.74) is -2.41. The highest BCUT2D eigenvalue weighted by molar-refractivity contribution is 7.82. The average molecular weight is 837 g/mol. The molecule has 0 rings (SSSR count). The van der Waals surface area contributed by atoms with E-state index < -0.39 is 88.8 Å². The Morgan fingerprint density at radius 1 is 0.520 bits per heavy atom. The predicted molar refractivity (Wildman–Crippen MR) is 203 cm³/mol. The van der Waals surface area contributed by atoms with Gasteiger partial charge >= 0.3 is 35.8 Å². The molecule has 296 valence electrons. The minimum atomic E-state index is -1.30. The number of aliphatic hydroxyl groups is 4. The largest absolute Gasteiger partial charge is 0.481 e. The smallest absolute Gasteiger partial charge is 0.318 e. The van der Waals surface area contributed by atoms with E-state index in [0.29, 0.717) is 5.75 Å². The van der Waals surface area contributed by atoms with Crippen LogP contribution in [0, 0.1) is 10.8 Å². The van der Waals surface area contributed by atoms with Crippen molar-refractivity contribution in [2.75, 3.05) is 70.1 Å². The molecule has 0 bridgehead atoms. The third-order valence-electron chi connectivity index (χ3n) is 5.46. The van der Waals surface area contributed by atoms with E-state index in [-0.39, 0.29) is 57.2 Å². The van der Waals surface area contributed by atoms with Crippen molar-refractivity contribution in [3.8, 4) is 0 Å². The lowest BCUT2D eigenvalue weighted by Gasteiger charge is -2.32. The van der Waals surface area contributed by atoms with Gasteiger partial charge in [-0.3, -0.25) is 28.8 Å². The topological polar surface area (TPSA) is 261 Å². The van der Waals surface area contributed by atoms with Crippen molar-refractivity contribution in [1.82, 2.24) is 0 Å². The summed E-state index contributed by atoms with van der Waals surface area (Å²) >= 11 is 23.2. The maximum absolute atomic E-state index is 11.9. The highest BCUT2D eigenvalue weighted by Crippen LogP contribution is 2.23. The van der Waals surface area contributed by atoms with Crippen molar-refractivity contribution in [2.45, 2.75) is 55.8 Å². The number of hydrogen-bond donors (Lipinski definition) is 12. The van der Waals surface area contributed by atoms with Crippen LogP contribution >= 0.6 is 75.8 Å². The summed E-state index contributed by atoms with van der Waals surface area (Å²) in [7, 11) is 0. The van der Waals surface area contributed by atoms with Crippen LogP contribution in [-0.4, -0.2) is 152 Å². The molecule has 3 unspecified atom stereocenters. The van der Waals surface area contributed by atoms with E-state index in [2.05, 4.69) is 75.8 Å². The Bertz CT molecular complexity index is 899. The Balaban J connectivity index is -0.000000404. The summed E-state index contributed by atoms with van der Waals surface area (Å²) in [6.45, 7) is 1.66. The van der Waals surface area contributed by atoms with Gasteiger partial charge in [0.15, 0.2) is 0 Å². The van der Waals surface area contributed by atoms with Gasteiger partial charge in [0.05, 0.1) is 66.9 Å². The molecule has 0 saturated heterocycles. The van der Waals surface area contributed by atoms with E-state index in [4.69, 9.17) is 49.6 Å². The van der Waals surface area contributed by atoms with E-state index in [1.165, 1.54) is 20.8 Å². The lowest BCUT2D eigenvalue weighted by molar-refractivity contribution is -0.170. The standard InChI is InChI=1S/C17H28O8S4.C5H12O4.2C3H6O2S/c1-11(28)15(20)24-9-17(7-22-13(18)3-5-26,8-23-14(19)4-6-27)10-25-16(21)12(2)29;6-1-5(2-7,3-8)4-9;1-2(6)3(4)5;4-3(5)1-2-6/h11-12,26-29H,3-10H2,1-2H3;6-9H,1-4H2;2,6H,1H3,(H,4,5);6H,1-2H2,(H,4,5). The molecule has 0 aliphatic rings. The lowest BCUT2D eigenvalue weighted by Crippen LogP contribution is -2.44. The van der Waals surface area contributed by atoms with Crippen molar-refractivity contribution < 1.29 is 78.4 Å². The second-order valence-electron chi connectivity index (χ2n) is 10.3. The number of hydrogen-bond acceptors (Lipinski definition) is 20. The van der Waals surface area contributed by atoms with Gasteiger partial charge in [-0.25, -0.2) is 0 Å². The number of aliphatic carboxylic acids is 2. The normalized spacial score (nSPS) is 12.4. The summed E-state index contributed by atoms with van der Waals surface area (Å²) in [5.74, 6) is -3.03. The Morgan fingerprint density at radius 2 is 0.800 bits per heavy atom. The molecule has 3 atom stereocenters. The number of ether oxygens (including phenoxy) is 4. The first-order valence-corrected chi connectivity index (χ1v) is 18.1. The van der Waals surface area contributed by atoms with Gasteiger partial charge in [-0.05, 0) is 20.8 Å². The fourth-order valence-electron chi connectivity index (χ4n) is 2.13. The van der Waals surface area contributed by atoms with Crippen LogP contribution in [-0.2, 0) is 47.7 Å². The van der Waals surface area contributed by atoms with E-state index in [1.54, 1.807) is 0 Å². The molecule has 0 spiro atoms. The minimum Gasteiger partial charge on any atom is -0.481 e. The highest BCUT2D eigenvalue weighted by Gasteiger charge is 2.38. The van der Waals surface area contributed by atoms with Crippen LogP contribution in [0.5, 0.6) is 0 Å². The average Bonchev–Trinajstić information content (AvgIpc) is 3.06. The summed E-state index contributed by atoms with van der Waals surface area (Å²) in [6.07, 6.45) is 0.266. The number of esters is 4. The first kappa shape index (κ1) is 55.5. The third-order valence-corrected chi connectivity index (χ3v) is 6.77. The molecule has 0 amide bonds. The fraction of sp³-hybridized carbons (Fsp3) is 0.786. The summed E-state index contributed by atoms with van der Waals surface area (Å²) < 4.78 is 20.8. The summed E-state index contributed by atoms with van der Waals surface area (Å²) in [4.78, 5) is 66.5. The number of carbonyl (C=O) groups excluding carboxylic acids is 4. The fourth-order valence-corrected chi connectivity index (χ4v) is 2.83. The van der Waals surface area contributed by atoms with Crippen LogP contribution in [0.2, 0.25) is 0 Å². The van der Waals surface area contributed by atoms with Crippen molar-refractivity contribution in [1.29, 1.82) is 0 Å². The van der Waals surface area contributed by atoms with Crippen molar-refractivity contribution >= 4 is 112 Å². The monoisotopic (exact) mass is 836 g/mol. The molecule has 22 heteroatoms. The molecular weight excluding hydrogens is 785 g/mol. The molecule has 0 aliphatic carbocycles. The molecular formula is C28H52O16S6. The van der Waals surface area contributed by atoms with Crippen molar-refractivity contribution in [2.24, 2.45) is 10.8 Å². The molecule has 0 heterocycles. The molecule has 50 heavy (non-hydrogen) atoms. The minimum absolute atomic E-state index is 0.0551. The first-order valence-electron chi connectivity index (χ1n) is 14.6. The molecule has 6 N–H and O–H groups in total. The van der Waals surface area contributed by atoms with Crippen LogP contribution in [0.1, 0.15) is 40.0 Å². The van der Waals surface area contributed by atoms with Crippen LogP contribution < -0.4 is 0 Å². The van der Waals surface area contributed by atoms with Gasteiger partial charge in [0.2, 0.25) is 0 Å². The second kappa shape index (κ2) is 33.6. The molecule has 0 saturated carbocycles. The van der Waals surface area contributed by atoms with Crippen LogP contribution in [0.15, 0.2) is 0 Å². The number of rotatable bonds is 21. The SMILES string of the molecule is CC(S)C(=O)O.CC(S)C(=O)OCC(COC(=O)CCS)(COC(=O)CCS)COC(=O)C(C)S.O=C(O)CCS.OCC(CO)(CO)CO. The van der Waals surface area contributed by atoms with Gasteiger partial charge in [0, 0.05) is 17.3 Å². The zero-order valence-corrected chi connectivity index (χ0v) is 33.4. The zero-order chi connectivity index (χ0) is 39.9. The van der Waals surface area contributed by atoms with Gasteiger partial charge in [0.1, 0.15) is 31.8 Å². The van der Waals surface area contributed by atoms with Crippen molar-refractivity contribution in [3.63, 3.8) is 0 Å². The molecule has 0 aliphatic heterocycles. The Hall–Kier alpha value is -1.24. The van der Waals surface area contributed by atoms with Crippen LogP contribution in [0.25, 0.3) is 0 Å². The van der Waals surface area contributed by atoms with Gasteiger partial charge < -0.3 is 49.6 Å². The van der Waals surface area contributed by atoms with Crippen LogP contribution in [0.3, 0.4) is 0 Å². The van der Waals surface area contributed by atoms with Gasteiger partial charge in [-0.15, -0.1) is 0 Å². The molecule has 0 fully saturated rings. The Labute approximate surface area is 325 Å². The maximum atomic E-state index is 11.9. The zero-order valence-electron chi connectivity index (χ0n) is 28.1. The third kappa shape index (κ3) is 31.5. The van der Waals surface area contributed by atoms with E-state index in [9.17, 15) is 28.8 Å².